The van der Waals surface area contributed by atoms with Crippen molar-refractivity contribution in [3.05, 3.63) is 35.9 Å². The van der Waals surface area contributed by atoms with E-state index in [1.54, 1.807) is 4.90 Å². The average molecular weight is 396 g/mol. The number of carbonyl (C=O) groups excluding carboxylic acids is 2. The second-order valence-corrected chi connectivity index (χ2v) is 7.23. The number of rotatable bonds is 4. The van der Waals surface area contributed by atoms with Crippen molar-refractivity contribution in [1.82, 2.24) is 15.1 Å². The highest BCUT2D eigenvalue weighted by Crippen LogP contribution is 2.22. The topological polar surface area (TPSA) is 61.9 Å². The van der Waals surface area contributed by atoms with E-state index in [-0.39, 0.29) is 36.9 Å². The number of amides is 2. The van der Waals surface area contributed by atoms with Gasteiger partial charge in [-0.1, -0.05) is 30.3 Å². The van der Waals surface area contributed by atoms with Gasteiger partial charge in [0, 0.05) is 32.1 Å². The van der Waals surface area contributed by atoms with Crippen molar-refractivity contribution in [2.24, 2.45) is 5.92 Å². The van der Waals surface area contributed by atoms with Crippen LogP contribution in [0.15, 0.2) is 30.3 Å². The highest BCUT2D eigenvalue weighted by atomic mass is 35.5. The molecule has 150 valence electrons. The third kappa shape index (κ3) is 5.84. The van der Waals surface area contributed by atoms with Crippen LogP contribution in [-0.4, -0.2) is 61.1 Å². The number of carbonyl (C=O) groups is 2. The Bertz CT molecular complexity index is 600. The predicted molar refractivity (Wildman–Crippen MR) is 107 cm³/mol. The molecule has 7 heteroatoms. The van der Waals surface area contributed by atoms with Crippen LogP contribution in [0.1, 0.15) is 31.2 Å². The maximum atomic E-state index is 12.8. The number of nitrogens with zero attached hydrogens (tertiary/aromatic N) is 2. The van der Waals surface area contributed by atoms with E-state index in [4.69, 9.17) is 4.74 Å². The highest BCUT2D eigenvalue weighted by Gasteiger charge is 2.32. The van der Waals surface area contributed by atoms with Crippen molar-refractivity contribution in [3.63, 3.8) is 0 Å². The largest absolute Gasteiger partial charge is 0.445 e. The van der Waals surface area contributed by atoms with E-state index in [0.29, 0.717) is 32.0 Å². The third-order valence-electron chi connectivity index (χ3n) is 5.51. The van der Waals surface area contributed by atoms with Gasteiger partial charge >= 0.3 is 6.09 Å². The Kier molecular flexibility index (Phi) is 8.38. The van der Waals surface area contributed by atoms with Gasteiger partial charge in [-0.25, -0.2) is 4.79 Å². The molecule has 1 aromatic carbocycles. The van der Waals surface area contributed by atoms with Crippen LogP contribution in [0.2, 0.25) is 0 Å². The second-order valence-electron chi connectivity index (χ2n) is 7.23. The number of halogens is 1. The van der Waals surface area contributed by atoms with E-state index in [2.05, 4.69) is 5.32 Å². The van der Waals surface area contributed by atoms with Crippen LogP contribution in [0.3, 0.4) is 0 Å². The number of piperidine rings is 2. The third-order valence-corrected chi connectivity index (χ3v) is 5.51. The minimum Gasteiger partial charge on any atom is -0.445 e. The summed E-state index contributed by atoms with van der Waals surface area (Å²) in [7, 11) is 1.93. The van der Waals surface area contributed by atoms with Crippen LogP contribution in [0, 0.1) is 5.92 Å². The molecule has 0 unspecified atom stereocenters. The molecular formula is C20H30ClN3O3. The van der Waals surface area contributed by atoms with E-state index < -0.39 is 0 Å². The van der Waals surface area contributed by atoms with Crippen LogP contribution in [0.5, 0.6) is 0 Å². The quantitative estimate of drug-likeness (QED) is 0.851. The predicted octanol–water partition coefficient (Wildman–Crippen LogP) is 2.67. The van der Waals surface area contributed by atoms with E-state index in [1.165, 1.54) is 0 Å². The van der Waals surface area contributed by atoms with Crippen molar-refractivity contribution in [2.75, 3.05) is 33.2 Å². The second kappa shape index (κ2) is 10.5. The minimum atomic E-state index is -0.286. The molecule has 6 nitrogen and oxygen atoms in total. The Balaban J connectivity index is 0.00000261. The maximum absolute atomic E-state index is 12.8. The Labute approximate surface area is 167 Å². The lowest BCUT2D eigenvalue weighted by molar-refractivity contribution is -0.138. The van der Waals surface area contributed by atoms with E-state index in [0.717, 1.165) is 31.5 Å². The molecule has 2 amide bonds. The molecule has 1 N–H and O–H groups in total. The first kappa shape index (κ1) is 21.5. The van der Waals surface area contributed by atoms with E-state index >= 15 is 0 Å². The van der Waals surface area contributed by atoms with Gasteiger partial charge in [0.15, 0.2) is 0 Å². The van der Waals surface area contributed by atoms with Crippen LogP contribution in [-0.2, 0) is 16.1 Å². The fraction of sp³-hybridized carbons (Fsp3) is 0.600. The molecule has 2 fully saturated rings. The molecule has 2 aliphatic heterocycles. The molecule has 1 aromatic rings. The molecule has 3 rings (SSSR count). The van der Waals surface area contributed by atoms with E-state index in [9.17, 15) is 9.59 Å². The SMILES string of the molecule is CN(C(=O)C1CCN(C(=O)OCc2ccccc2)CC1)C1CCNCC1.Cl. The van der Waals surface area contributed by atoms with Gasteiger partial charge in [-0.2, -0.15) is 0 Å². The lowest BCUT2D eigenvalue weighted by Gasteiger charge is -2.37. The van der Waals surface area contributed by atoms with Crippen LogP contribution in [0.4, 0.5) is 4.79 Å². The summed E-state index contributed by atoms with van der Waals surface area (Å²) >= 11 is 0. The molecule has 0 aromatic heterocycles. The first-order valence-corrected chi connectivity index (χ1v) is 9.58. The maximum Gasteiger partial charge on any atom is 0.410 e. The summed E-state index contributed by atoms with van der Waals surface area (Å²) < 4.78 is 5.39. The van der Waals surface area contributed by atoms with Gasteiger partial charge in [-0.15, -0.1) is 12.4 Å². The molecule has 0 saturated carbocycles. The van der Waals surface area contributed by atoms with Crippen LogP contribution >= 0.6 is 12.4 Å². The van der Waals surface area contributed by atoms with Crippen LogP contribution < -0.4 is 5.32 Å². The van der Waals surface area contributed by atoms with Gasteiger partial charge in [0.05, 0.1) is 0 Å². The molecule has 0 bridgehead atoms. The number of benzene rings is 1. The van der Waals surface area contributed by atoms with Crippen molar-refractivity contribution in [3.8, 4) is 0 Å². The first-order valence-electron chi connectivity index (χ1n) is 9.58. The lowest BCUT2D eigenvalue weighted by Crippen LogP contribution is -2.48. The molecule has 0 spiro atoms. The molecule has 2 heterocycles. The summed E-state index contributed by atoms with van der Waals surface area (Å²) in [6.45, 7) is 3.42. The van der Waals surface area contributed by atoms with Crippen molar-refractivity contribution in [2.45, 2.75) is 38.3 Å². The summed E-state index contributed by atoms with van der Waals surface area (Å²) in [4.78, 5) is 28.6. The zero-order valence-corrected chi connectivity index (χ0v) is 16.7. The average Bonchev–Trinajstić information content (AvgIpc) is 2.72. The van der Waals surface area contributed by atoms with E-state index in [1.807, 2.05) is 42.3 Å². The smallest absolute Gasteiger partial charge is 0.410 e. The summed E-state index contributed by atoms with van der Waals surface area (Å²) in [6, 6.07) is 10.0. The lowest BCUT2D eigenvalue weighted by atomic mass is 9.94. The Hall–Kier alpha value is -1.79. The summed E-state index contributed by atoms with van der Waals surface area (Å²) in [6.07, 6.45) is 3.19. The summed E-state index contributed by atoms with van der Waals surface area (Å²) in [5.74, 6) is 0.252. The molecule has 0 atom stereocenters. The number of ether oxygens (including phenoxy) is 1. The number of likely N-dealkylation sites (tertiary alicyclic amines) is 1. The zero-order valence-electron chi connectivity index (χ0n) is 15.9. The van der Waals surface area contributed by atoms with Gasteiger partial charge in [0.25, 0.3) is 0 Å². The van der Waals surface area contributed by atoms with Crippen molar-refractivity contribution >= 4 is 24.4 Å². The molecule has 2 aliphatic rings. The molecular weight excluding hydrogens is 366 g/mol. The van der Waals surface area contributed by atoms with Crippen molar-refractivity contribution < 1.29 is 14.3 Å². The zero-order chi connectivity index (χ0) is 18.4. The monoisotopic (exact) mass is 395 g/mol. The Morgan fingerprint density at radius 1 is 1.11 bits per heavy atom. The van der Waals surface area contributed by atoms with Gasteiger partial charge in [-0.05, 0) is 44.3 Å². The van der Waals surface area contributed by atoms with Gasteiger partial charge in [0.2, 0.25) is 5.91 Å². The molecule has 0 aliphatic carbocycles. The first-order chi connectivity index (χ1) is 12.6. The fourth-order valence-electron chi connectivity index (χ4n) is 3.78. The van der Waals surface area contributed by atoms with Crippen molar-refractivity contribution in [1.29, 1.82) is 0 Å². The fourth-order valence-corrected chi connectivity index (χ4v) is 3.78. The Morgan fingerprint density at radius 2 is 1.74 bits per heavy atom. The summed E-state index contributed by atoms with van der Waals surface area (Å²) in [5, 5.41) is 3.33. The molecule has 0 radical (unpaired) electrons. The standard InChI is InChI=1S/C20H29N3O3.ClH/c1-22(18-7-11-21-12-8-18)19(24)17-9-13-23(14-10-17)20(25)26-15-16-5-3-2-4-6-16;/h2-6,17-18,21H,7-15H2,1H3;1H. The number of nitrogens with one attached hydrogen (secondary N) is 1. The Morgan fingerprint density at radius 3 is 2.37 bits per heavy atom. The van der Waals surface area contributed by atoms with Gasteiger partial charge < -0.3 is 19.9 Å². The number of hydrogen-bond donors (Lipinski definition) is 1. The van der Waals surface area contributed by atoms with Gasteiger partial charge in [0.1, 0.15) is 6.61 Å². The normalized spacial score (nSPS) is 18.5. The van der Waals surface area contributed by atoms with Crippen LogP contribution in [0.25, 0.3) is 0 Å². The summed E-state index contributed by atoms with van der Waals surface area (Å²) in [5.41, 5.74) is 0.981. The molecule has 2 saturated heterocycles. The highest BCUT2D eigenvalue weighted by molar-refractivity contribution is 5.85. The minimum absolute atomic E-state index is 0. The van der Waals surface area contributed by atoms with Gasteiger partial charge in [-0.3, -0.25) is 4.79 Å². The number of hydrogen-bond acceptors (Lipinski definition) is 4. The molecule has 27 heavy (non-hydrogen) atoms.